The van der Waals surface area contributed by atoms with Gasteiger partial charge in [0.25, 0.3) is 0 Å². The molecule has 1 heterocycles. The van der Waals surface area contributed by atoms with Crippen molar-refractivity contribution in [3.8, 4) is 0 Å². The topological polar surface area (TPSA) is 57.6 Å². The molecule has 0 aromatic heterocycles. The van der Waals surface area contributed by atoms with Gasteiger partial charge in [0, 0.05) is 25.9 Å². The van der Waals surface area contributed by atoms with Gasteiger partial charge in [-0.05, 0) is 42.5 Å². The van der Waals surface area contributed by atoms with E-state index in [0.717, 1.165) is 17.5 Å². The molecular weight excluding hydrogens is 261 g/mol. The molecule has 1 N–H and O–H groups in total. The molecule has 0 atom stereocenters. The van der Waals surface area contributed by atoms with Gasteiger partial charge in [0.2, 0.25) is 5.91 Å². The van der Waals surface area contributed by atoms with E-state index in [0.29, 0.717) is 32.4 Å². The molecule has 0 spiro atoms. The molecule has 20 heavy (non-hydrogen) atoms. The molecule has 0 bridgehead atoms. The Hall–Kier alpha value is -1.91. The van der Waals surface area contributed by atoms with Crippen LogP contribution < -0.4 is 0 Å². The van der Waals surface area contributed by atoms with E-state index in [1.54, 1.807) is 11.0 Å². The number of aliphatic carboxylic acids is 1. The number of hydrogen-bond acceptors (Lipinski definition) is 2. The third kappa shape index (κ3) is 3.79. The zero-order valence-electron chi connectivity index (χ0n) is 11.3. The largest absolute Gasteiger partial charge is 0.481 e. The van der Waals surface area contributed by atoms with Gasteiger partial charge in [0.05, 0.1) is 0 Å². The first-order chi connectivity index (χ1) is 9.56. The molecule has 0 radical (unpaired) electrons. The maximum absolute atomic E-state index is 13.2. The van der Waals surface area contributed by atoms with E-state index in [2.05, 4.69) is 0 Å². The summed E-state index contributed by atoms with van der Waals surface area (Å²) in [6.07, 6.45) is 2.30. The van der Waals surface area contributed by atoms with Gasteiger partial charge >= 0.3 is 5.97 Å². The summed E-state index contributed by atoms with van der Waals surface area (Å²) in [5.74, 6) is -1.09. The average Bonchev–Trinajstić information content (AvgIpc) is 2.42. The molecule has 1 aromatic rings. The number of nitrogens with zero attached hydrogens (tertiary/aromatic N) is 1. The van der Waals surface area contributed by atoms with Crippen LogP contribution in [0.2, 0.25) is 0 Å². The zero-order valence-corrected chi connectivity index (χ0v) is 11.3. The maximum Gasteiger partial charge on any atom is 0.303 e. The summed E-state index contributed by atoms with van der Waals surface area (Å²) in [6, 6.07) is 4.71. The van der Waals surface area contributed by atoms with Crippen molar-refractivity contribution in [3.63, 3.8) is 0 Å². The Morgan fingerprint density at radius 1 is 1.20 bits per heavy atom. The van der Waals surface area contributed by atoms with E-state index in [9.17, 15) is 14.0 Å². The highest BCUT2D eigenvalue weighted by atomic mass is 19.1. The minimum Gasteiger partial charge on any atom is -0.481 e. The van der Waals surface area contributed by atoms with Crippen molar-refractivity contribution < 1.29 is 19.1 Å². The second kappa shape index (κ2) is 6.50. The standard InChI is InChI=1S/C15H18FNO3/c16-13-6-5-11-7-8-17(10-12(11)9-13)14(18)3-1-2-4-15(19)20/h5-6,9H,1-4,7-8,10H2,(H,19,20). The monoisotopic (exact) mass is 279 g/mol. The number of amides is 1. The number of unbranched alkanes of at least 4 members (excludes halogenated alkanes) is 1. The van der Waals surface area contributed by atoms with Crippen molar-refractivity contribution in [2.24, 2.45) is 0 Å². The van der Waals surface area contributed by atoms with E-state index >= 15 is 0 Å². The number of fused-ring (bicyclic) bond motifs is 1. The summed E-state index contributed by atoms with van der Waals surface area (Å²) in [5, 5.41) is 8.53. The number of halogens is 1. The van der Waals surface area contributed by atoms with Crippen molar-refractivity contribution in [3.05, 3.63) is 35.1 Å². The zero-order chi connectivity index (χ0) is 14.5. The number of benzene rings is 1. The summed E-state index contributed by atoms with van der Waals surface area (Å²) >= 11 is 0. The minimum absolute atomic E-state index is 0.0188. The summed E-state index contributed by atoms with van der Waals surface area (Å²) in [4.78, 5) is 24.1. The molecule has 0 aliphatic carbocycles. The number of carboxylic acids is 1. The molecule has 2 rings (SSSR count). The van der Waals surface area contributed by atoms with Gasteiger partial charge in [-0.2, -0.15) is 0 Å². The second-order valence-electron chi connectivity index (χ2n) is 5.08. The molecule has 0 fully saturated rings. The van der Waals surface area contributed by atoms with Crippen LogP contribution in [-0.2, 0) is 22.6 Å². The summed E-state index contributed by atoms with van der Waals surface area (Å²) in [5.41, 5.74) is 1.97. The molecule has 4 nitrogen and oxygen atoms in total. The number of carbonyl (C=O) groups excluding carboxylic acids is 1. The number of carbonyl (C=O) groups is 2. The average molecular weight is 279 g/mol. The smallest absolute Gasteiger partial charge is 0.303 e. The van der Waals surface area contributed by atoms with Gasteiger partial charge in [0.1, 0.15) is 5.82 Å². The lowest BCUT2D eigenvalue weighted by Gasteiger charge is -2.29. The van der Waals surface area contributed by atoms with Gasteiger partial charge in [-0.25, -0.2) is 4.39 Å². The molecular formula is C15H18FNO3. The third-order valence-electron chi connectivity index (χ3n) is 3.56. The van der Waals surface area contributed by atoms with Crippen molar-refractivity contribution in [2.45, 2.75) is 38.6 Å². The lowest BCUT2D eigenvalue weighted by Crippen LogP contribution is -2.35. The SMILES string of the molecule is O=C(O)CCCCC(=O)N1CCc2ccc(F)cc2C1. The Kier molecular flexibility index (Phi) is 4.71. The molecule has 1 amide bonds. The second-order valence-corrected chi connectivity index (χ2v) is 5.08. The summed E-state index contributed by atoms with van der Waals surface area (Å²) in [6.45, 7) is 1.10. The normalized spacial score (nSPS) is 13.9. The van der Waals surface area contributed by atoms with Gasteiger partial charge in [-0.3, -0.25) is 9.59 Å². The highest BCUT2D eigenvalue weighted by Crippen LogP contribution is 2.20. The Balaban J connectivity index is 1.85. The van der Waals surface area contributed by atoms with Crippen LogP contribution in [0, 0.1) is 5.82 Å². The Labute approximate surface area is 117 Å². The van der Waals surface area contributed by atoms with Crippen LogP contribution in [0.3, 0.4) is 0 Å². The van der Waals surface area contributed by atoms with Crippen LogP contribution in [0.5, 0.6) is 0 Å². The van der Waals surface area contributed by atoms with Crippen LogP contribution in [0.1, 0.15) is 36.8 Å². The number of carboxylic acid groups (broad SMARTS) is 1. The van der Waals surface area contributed by atoms with E-state index < -0.39 is 5.97 Å². The van der Waals surface area contributed by atoms with Crippen molar-refractivity contribution >= 4 is 11.9 Å². The Bertz CT molecular complexity index is 516. The predicted octanol–water partition coefficient (Wildman–Crippen LogP) is 2.36. The van der Waals surface area contributed by atoms with E-state index in [1.165, 1.54) is 12.1 Å². The molecule has 0 saturated carbocycles. The van der Waals surface area contributed by atoms with Crippen molar-refractivity contribution in [2.75, 3.05) is 6.54 Å². The van der Waals surface area contributed by atoms with Gasteiger partial charge in [0.15, 0.2) is 0 Å². The van der Waals surface area contributed by atoms with Crippen LogP contribution in [0.15, 0.2) is 18.2 Å². The summed E-state index contributed by atoms with van der Waals surface area (Å²) < 4.78 is 13.2. The van der Waals surface area contributed by atoms with Gasteiger partial charge in [-0.15, -0.1) is 0 Å². The third-order valence-corrected chi connectivity index (χ3v) is 3.56. The van der Waals surface area contributed by atoms with Crippen LogP contribution in [0.4, 0.5) is 4.39 Å². The summed E-state index contributed by atoms with van der Waals surface area (Å²) in [7, 11) is 0. The maximum atomic E-state index is 13.2. The number of hydrogen-bond donors (Lipinski definition) is 1. The molecule has 108 valence electrons. The van der Waals surface area contributed by atoms with Gasteiger partial charge in [-0.1, -0.05) is 6.07 Å². The fourth-order valence-corrected chi connectivity index (χ4v) is 2.45. The van der Waals surface area contributed by atoms with E-state index in [-0.39, 0.29) is 18.1 Å². The first-order valence-corrected chi connectivity index (χ1v) is 6.83. The quantitative estimate of drug-likeness (QED) is 0.842. The fraction of sp³-hybridized carbons (Fsp3) is 0.467. The first-order valence-electron chi connectivity index (χ1n) is 6.83. The molecule has 5 heteroatoms. The lowest BCUT2D eigenvalue weighted by molar-refractivity contribution is -0.137. The Morgan fingerprint density at radius 2 is 1.95 bits per heavy atom. The molecule has 1 aliphatic heterocycles. The lowest BCUT2D eigenvalue weighted by atomic mass is 9.99. The van der Waals surface area contributed by atoms with Gasteiger partial charge < -0.3 is 10.0 Å². The van der Waals surface area contributed by atoms with Crippen molar-refractivity contribution in [1.82, 2.24) is 4.90 Å². The first kappa shape index (κ1) is 14.5. The Morgan fingerprint density at radius 3 is 2.70 bits per heavy atom. The van der Waals surface area contributed by atoms with Crippen LogP contribution in [-0.4, -0.2) is 28.4 Å². The van der Waals surface area contributed by atoms with Crippen LogP contribution in [0.25, 0.3) is 0 Å². The highest BCUT2D eigenvalue weighted by Gasteiger charge is 2.20. The molecule has 1 aromatic carbocycles. The molecule has 1 aliphatic rings. The van der Waals surface area contributed by atoms with E-state index in [4.69, 9.17) is 5.11 Å². The van der Waals surface area contributed by atoms with Crippen molar-refractivity contribution in [1.29, 1.82) is 0 Å². The number of rotatable bonds is 5. The predicted molar refractivity (Wildman–Crippen MR) is 71.6 cm³/mol. The van der Waals surface area contributed by atoms with E-state index in [1.807, 2.05) is 0 Å². The molecule has 0 saturated heterocycles. The fourth-order valence-electron chi connectivity index (χ4n) is 2.45. The minimum atomic E-state index is -0.833. The highest BCUT2D eigenvalue weighted by molar-refractivity contribution is 5.76. The van der Waals surface area contributed by atoms with Crippen LogP contribution >= 0.6 is 0 Å². The molecule has 0 unspecified atom stereocenters.